The van der Waals surface area contributed by atoms with Crippen LogP contribution in [-0.4, -0.2) is 27.4 Å². The molecular weight excluding hydrogens is 452 g/mol. The van der Waals surface area contributed by atoms with Crippen molar-refractivity contribution in [2.45, 2.75) is 51.1 Å². The molecule has 182 valence electrons. The third-order valence-electron chi connectivity index (χ3n) is 5.46. The summed E-state index contributed by atoms with van der Waals surface area (Å²) in [5.41, 5.74) is 7.06. The Labute approximate surface area is 194 Å². The Morgan fingerprint density at radius 2 is 1.79 bits per heavy atom. The fourth-order valence-electron chi connectivity index (χ4n) is 3.56. The number of carbonyl (C=O) groups excluding carboxylic acids is 1. The van der Waals surface area contributed by atoms with Crippen molar-refractivity contribution < 1.29 is 27.1 Å². The molecule has 0 saturated heterocycles. The number of unbranched alkanes of at least 4 members (excludes halogenated alkanes) is 1. The predicted octanol–water partition coefficient (Wildman–Crippen LogP) is 4.63. The highest BCUT2D eigenvalue weighted by molar-refractivity contribution is 5.84. The lowest BCUT2D eigenvalue weighted by Gasteiger charge is -2.22. The maximum absolute atomic E-state index is 13.9. The molecule has 1 aromatic heterocycles. The molecule has 0 amide bonds. The number of nitrogens with zero attached hydrogens (tertiary/aromatic N) is 3. The smallest absolute Gasteiger partial charge is 0.203 e. The lowest BCUT2D eigenvalue weighted by molar-refractivity contribution is -0.124. The first-order chi connectivity index (χ1) is 16.1. The van der Waals surface area contributed by atoms with Crippen molar-refractivity contribution in [3.63, 3.8) is 0 Å². The van der Waals surface area contributed by atoms with Crippen LogP contribution < -0.4 is 10.5 Å². The number of ketones is 1. The maximum Gasteiger partial charge on any atom is 0.203 e. The van der Waals surface area contributed by atoms with Crippen molar-refractivity contribution in [2.24, 2.45) is 5.73 Å². The third kappa shape index (κ3) is 5.80. The number of rotatable bonds is 11. The molecule has 3 rings (SSSR count). The van der Waals surface area contributed by atoms with Crippen molar-refractivity contribution in [1.82, 2.24) is 15.0 Å². The Hall–Kier alpha value is -3.27. The number of aromatic nitrogens is 3. The first-order valence-corrected chi connectivity index (χ1v) is 10.9. The number of hydrogen-bond donors (Lipinski definition) is 1. The van der Waals surface area contributed by atoms with Gasteiger partial charge in [0.05, 0.1) is 11.7 Å². The summed E-state index contributed by atoms with van der Waals surface area (Å²) in [6.07, 6.45) is 3.81. The van der Waals surface area contributed by atoms with E-state index in [9.17, 15) is 22.4 Å². The normalized spacial score (nSPS) is 14.0. The molecule has 6 nitrogen and oxygen atoms in total. The number of ether oxygens (including phenoxy) is 1. The zero-order valence-electron chi connectivity index (χ0n) is 18.9. The van der Waals surface area contributed by atoms with Crippen molar-refractivity contribution in [3.05, 3.63) is 77.1 Å². The third-order valence-corrected chi connectivity index (χ3v) is 5.46. The van der Waals surface area contributed by atoms with Gasteiger partial charge < -0.3 is 10.5 Å². The second kappa shape index (κ2) is 10.8. The fraction of sp³-hybridized carbons (Fsp3) is 0.375. The number of halogens is 4. The molecule has 0 aliphatic heterocycles. The Morgan fingerprint density at radius 3 is 2.41 bits per heavy atom. The van der Waals surface area contributed by atoms with Crippen molar-refractivity contribution in [2.75, 3.05) is 6.61 Å². The van der Waals surface area contributed by atoms with Crippen LogP contribution in [0.25, 0.3) is 0 Å². The minimum absolute atomic E-state index is 0.0691. The first kappa shape index (κ1) is 25.4. The van der Waals surface area contributed by atoms with E-state index in [-0.39, 0.29) is 6.07 Å². The zero-order chi connectivity index (χ0) is 24.9. The van der Waals surface area contributed by atoms with Gasteiger partial charge in [0.1, 0.15) is 18.3 Å². The monoisotopic (exact) mass is 478 g/mol. The van der Waals surface area contributed by atoms with E-state index in [1.54, 1.807) is 13.1 Å². The zero-order valence-corrected chi connectivity index (χ0v) is 18.9. The molecule has 2 N–H and O–H groups in total. The number of carbonyl (C=O) groups is 1. The van der Waals surface area contributed by atoms with E-state index >= 15 is 0 Å². The van der Waals surface area contributed by atoms with Gasteiger partial charge in [-0.15, -0.1) is 5.10 Å². The van der Waals surface area contributed by atoms with Gasteiger partial charge in [-0.2, -0.15) is 8.78 Å². The first-order valence-electron chi connectivity index (χ1n) is 10.9. The van der Waals surface area contributed by atoms with Crippen molar-refractivity contribution in [3.8, 4) is 5.75 Å². The van der Waals surface area contributed by atoms with E-state index in [1.165, 1.54) is 4.68 Å². The summed E-state index contributed by atoms with van der Waals surface area (Å²) in [6, 6.07) is 8.78. The summed E-state index contributed by atoms with van der Waals surface area (Å²) in [5.74, 6) is -8.53. The van der Waals surface area contributed by atoms with Gasteiger partial charge in [-0.05, 0) is 25.3 Å². The Morgan fingerprint density at radius 1 is 1.15 bits per heavy atom. The average molecular weight is 478 g/mol. The summed E-state index contributed by atoms with van der Waals surface area (Å²) in [4.78, 5) is 12.9. The van der Waals surface area contributed by atoms with E-state index < -0.39 is 53.0 Å². The Balaban J connectivity index is 1.79. The van der Waals surface area contributed by atoms with Gasteiger partial charge in [0, 0.05) is 6.07 Å². The molecule has 0 aliphatic rings. The van der Waals surface area contributed by atoms with Crippen LogP contribution in [0, 0.1) is 23.3 Å². The van der Waals surface area contributed by atoms with Crippen LogP contribution in [-0.2, 0) is 16.8 Å². The number of benzene rings is 2. The summed E-state index contributed by atoms with van der Waals surface area (Å²) >= 11 is 0. The molecule has 2 unspecified atom stereocenters. The highest BCUT2D eigenvalue weighted by Gasteiger charge is 2.29. The highest BCUT2D eigenvalue weighted by atomic mass is 19.2. The maximum atomic E-state index is 13.9. The van der Waals surface area contributed by atoms with Crippen LogP contribution in [0.3, 0.4) is 0 Å². The minimum Gasteiger partial charge on any atom is -0.479 e. The topological polar surface area (TPSA) is 83.0 Å². The standard InChI is InChI=1S/C24H26F4N4O2/c1-3-4-10-18(19(33)14-34-23-21(27)16(25)11-17(26)22(23)28)32-13-20(30-31-32)24(2,29)12-15-8-6-5-7-9-15/h5-9,11,13,18H,3-4,10,12,14,29H2,1-2H3. The highest BCUT2D eigenvalue weighted by Crippen LogP contribution is 2.28. The molecule has 10 heteroatoms. The van der Waals surface area contributed by atoms with Gasteiger partial charge in [0.15, 0.2) is 23.2 Å². The Kier molecular flexibility index (Phi) is 8.03. The lowest BCUT2D eigenvalue weighted by Crippen LogP contribution is -2.36. The molecule has 2 aromatic carbocycles. The summed E-state index contributed by atoms with van der Waals surface area (Å²) in [7, 11) is 0. The van der Waals surface area contributed by atoms with Crippen LogP contribution in [0.2, 0.25) is 0 Å². The SMILES string of the molecule is CCCCC(C(=O)COc1c(F)c(F)cc(F)c1F)n1cc(C(C)(N)Cc2ccccc2)nn1. The summed E-state index contributed by atoms with van der Waals surface area (Å²) in [5, 5.41) is 8.20. The van der Waals surface area contributed by atoms with Gasteiger partial charge in [-0.25, -0.2) is 13.5 Å². The molecule has 0 saturated carbocycles. The largest absolute Gasteiger partial charge is 0.479 e. The summed E-state index contributed by atoms with van der Waals surface area (Å²) < 4.78 is 60.8. The second-order valence-corrected chi connectivity index (χ2v) is 8.37. The quantitative estimate of drug-likeness (QED) is 0.321. The van der Waals surface area contributed by atoms with E-state index in [0.717, 1.165) is 12.0 Å². The Bertz CT molecular complexity index is 1110. The molecule has 1 heterocycles. The number of nitrogens with two attached hydrogens (primary N) is 1. The van der Waals surface area contributed by atoms with Crippen LogP contribution in [0.5, 0.6) is 5.75 Å². The van der Waals surface area contributed by atoms with E-state index in [2.05, 4.69) is 10.3 Å². The predicted molar refractivity (Wildman–Crippen MR) is 117 cm³/mol. The molecule has 0 radical (unpaired) electrons. The van der Waals surface area contributed by atoms with Crippen LogP contribution in [0.1, 0.15) is 50.4 Å². The van der Waals surface area contributed by atoms with Crippen LogP contribution in [0.15, 0.2) is 42.6 Å². The molecule has 0 spiro atoms. The second-order valence-electron chi connectivity index (χ2n) is 8.37. The molecule has 3 aromatic rings. The van der Waals surface area contributed by atoms with Crippen LogP contribution in [0.4, 0.5) is 17.6 Å². The van der Waals surface area contributed by atoms with Crippen molar-refractivity contribution >= 4 is 5.78 Å². The number of hydrogen-bond acceptors (Lipinski definition) is 5. The van der Waals surface area contributed by atoms with Gasteiger partial charge in [0.25, 0.3) is 0 Å². The van der Waals surface area contributed by atoms with Crippen LogP contribution >= 0.6 is 0 Å². The molecular formula is C24H26F4N4O2. The molecule has 0 fully saturated rings. The van der Waals surface area contributed by atoms with Gasteiger partial charge in [0.2, 0.25) is 11.6 Å². The van der Waals surface area contributed by atoms with Gasteiger partial charge in [-0.3, -0.25) is 4.79 Å². The van der Waals surface area contributed by atoms with Crippen molar-refractivity contribution in [1.29, 1.82) is 0 Å². The van der Waals surface area contributed by atoms with Gasteiger partial charge in [-0.1, -0.05) is 55.3 Å². The van der Waals surface area contributed by atoms with E-state index in [0.29, 0.717) is 25.0 Å². The molecule has 0 bridgehead atoms. The minimum atomic E-state index is -1.71. The van der Waals surface area contributed by atoms with E-state index in [4.69, 9.17) is 10.5 Å². The molecule has 0 aliphatic carbocycles. The average Bonchev–Trinajstić information content (AvgIpc) is 3.29. The summed E-state index contributed by atoms with van der Waals surface area (Å²) in [6.45, 7) is 2.91. The fourth-order valence-corrected chi connectivity index (χ4v) is 3.56. The number of Topliss-reactive ketones (excluding diaryl/α,β-unsaturated/α-hetero) is 1. The molecule has 34 heavy (non-hydrogen) atoms. The van der Waals surface area contributed by atoms with Gasteiger partial charge >= 0.3 is 0 Å². The molecule has 2 atom stereocenters. The lowest BCUT2D eigenvalue weighted by atomic mass is 9.91. The van der Waals surface area contributed by atoms with E-state index in [1.807, 2.05) is 37.3 Å².